The average Bonchev–Trinajstić information content (AvgIpc) is 2.26. The Bertz CT molecular complexity index is 317. The summed E-state index contributed by atoms with van der Waals surface area (Å²) in [5, 5.41) is 0. The number of ether oxygens (including phenoxy) is 2. The van der Waals surface area contributed by atoms with Crippen molar-refractivity contribution in [3.8, 4) is 0 Å². The minimum Gasteiger partial charge on any atom is -0.355 e. The Morgan fingerprint density at radius 1 is 1.27 bits per heavy atom. The summed E-state index contributed by atoms with van der Waals surface area (Å²) in [5.74, 6) is -0.495. The van der Waals surface area contributed by atoms with E-state index in [4.69, 9.17) is 9.47 Å². The van der Waals surface area contributed by atoms with Gasteiger partial charge in [0.1, 0.15) is 5.82 Å². The van der Waals surface area contributed by atoms with Crippen molar-refractivity contribution in [2.24, 2.45) is 0 Å². The van der Waals surface area contributed by atoms with Crippen LogP contribution in [0.3, 0.4) is 0 Å². The summed E-state index contributed by atoms with van der Waals surface area (Å²) in [6.07, 6.45) is -0.430. The molecule has 15 heavy (non-hydrogen) atoms. The molecule has 0 atom stereocenters. The van der Waals surface area contributed by atoms with Crippen LogP contribution in [0.1, 0.15) is 16.8 Å². The van der Waals surface area contributed by atoms with Gasteiger partial charge in [-0.15, -0.1) is 0 Å². The molecule has 1 aromatic carbocycles. The lowest BCUT2D eigenvalue weighted by Crippen LogP contribution is -2.18. The summed E-state index contributed by atoms with van der Waals surface area (Å²) >= 11 is 0. The third-order valence-corrected chi connectivity index (χ3v) is 2.04. The number of halogens is 1. The normalized spacial score (nSPS) is 10.7. The van der Waals surface area contributed by atoms with Gasteiger partial charge in [-0.25, -0.2) is 4.39 Å². The molecule has 3 nitrogen and oxygen atoms in total. The Kier molecular flexibility index (Phi) is 4.39. The number of rotatable bonds is 5. The summed E-state index contributed by atoms with van der Waals surface area (Å²) in [5.41, 5.74) is 0.454. The van der Waals surface area contributed by atoms with Gasteiger partial charge in [-0.3, -0.25) is 4.79 Å². The molecule has 0 aromatic heterocycles. The lowest BCUT2D eigenvalue weighted by atomic mass is 10.1. The lowest BCUT2D eigenvalue weighted by molar-refractivity contribution is -0.0993. The second-order valence-electron chi connectivity index (χ2n) is 3.04. The molecule has 0 unspecified atom stereocenters. The van der Waals surface area contributed by atoms with Crippen LogP contribution in [0.5, 0.6) is 0 Å². The molecule has 82 valence electrons. The number of hydrogen-bond donors (Lipinski definition) is 0. The molecule has 1 aromatic rings. The third-order valence-electron chi connectivity index (χ3n) is 2.04. The van der Waals surface area contributed by atoms with Gasteiger partial charge >= 0.3 is 0 Å². The Labute approximate surface area is 87.8 Å². The molecule has 0 aliphatic heterocycles. The first-order chi connectivity index (χ1) is 7.17. The van der Waals surface area contributed by atoms with Gasteiger partial charge in [0, 0.05) is 19.8 Å². The molecule has 0 aliphatic carbocycles. The van der Waals surface area contributed by atoms with E-state index in [1.54, 1.807) is 0 Å². The molecule has 0 amide bonds. The van der Waals surface area contributed by atoms with Crippen molar-refractivity contribution in [1.82, 2.24) is 0 Å². The Morgan fingerprint density at radius 2 is 1.80 bits per heavy atom. The molecule has 0 N–H and O–H groups in total. The highest BCUT2D eigenvalue weighted by Crippen LogP contribution is 2.09. The number of benzene rings is 1. The second kappa shape index (κ2) is 5.58. The van der Waals surface area contributed by atoms with Crippen molar-refractivity contribution in [3.63, 3.8) is 0 Å². The maximum Gasteiger partial charge on any atom is 0.167 e. The Morgan fingerprint density at radius 3 is 2.27 bits per heavy atom. The second-order valence-corrected chi connectivity index (χ2v) is 3.04. The van der Waals surface area contributed by atoms with E-state index in [-0.39, 0.29) is 18.0 Å². The van der Waals surface area contributed by atoms with Crippen LogP contribution < -0.4 is 0 Å². The van der Waals surface area contributed by atoms with Crippen molar-refractivity contribution < 1.29 is 18.7 Å². The number of Topliss-reactive ketones (excluding diaryl/α,β-unsaturated/α-hetero) is 1. The Balaban J connectivity index is 2.64. The standard InChI is InChI=1S/C11H13FO3/c1-14-11(15-2)7-10(13)8-3-5-9(12)6-4-8/h3-6,11H,7H2,1-2H3. The monoisotopic (exact) mass is 212 g/mol. The fraction of sp³-hybridized carbons (Fsp3) is 0.364. The molecular formula is C11H13FO3. The molecule has 0 saturated heterocycles. The van der Waals surface area contributed by atoms with Crippen LogP contribution >= 0.6 is 0 Å². The van der Waals surface area contributed by atoms with Crippen molar-refractivity contribution >= 4 is 5.78 Å². The molecule has 0 bridgehead atoms. The predicted octanol–water partition coefficient (Wildman–Crippen LogP) is 2.02. The van der Waals surface area contributed by atoms with Crippen LogP contribution in [0.15, 0.2) is 24.3 Å². The zero-order chi connectivity index (χ0) is 11.3. The van der Waals surface area contributed by atoms with E-state index in [2.05, 4.69) is 0 Å². The zero-order valence-electron chi connectivity index (χ0n) is 8.70. The maximum absolute atomic E-state index is 12.6. The molecule has 0 saturated carbocycles. The van der Waals surface area contributed by atoms with E-state index in [9.17, 15) is 9.18 Å². The van der Waals surface area contributed by atoms with Gasteiger partial charge in [-0.05, 0) is 24.3 Å². The molecule has 0 spiro atoms. The third kappa shape index (κ3) is 3.42. The summed E-state index contributed by atoms with van der Waals surface area (Å²) in [4.78, 5) is 11.6. The van der Waals surface area contributed by atoms with E-state index in [1.807, 2.05) is 0 Å². The topological polar surface area (TPSA) is 35.5 Å². The van der Waals surface area contributed by atoms with Gasteiger partial charge < -0.3 is 9.47 Å². The van der Waals surface area contributed by atoms with Crippen molar-refractivity contribution in [1.29, 1.82) is 0 Å². The number of methoxy groups -OCH3 is 2. The van der Waals surface area contributed by atoms with Crippen molar-refractivity contribution in [2.45, 2.75) is 12.7 Å². The minimum atomic E-state index is -0.553. The van der Waals surface area contributed by atoms with Crippen molar-refractivity contribution in [2.75, 3.05) is 14.2 Å². The van der Waals surface area contributed by atoms with Gasteiger partial charge in [0.2, 0.25) is 0 Å². The van der Waals surface area contributed by atoms with E-state index in [1.165, 1.54) is 38.5 Å². The fourth-order valence-corrected chi connectivity index (χ4v) is 1.17. The first-order valence-electron chi connectivity index (χ1n) is 4.51. The zero-order valence-corrected chi connectivity index (χ0v) is 8.70. The molecule has 0 fully saturated rings. The summed E-state index contributed by atoms with van der Waals surface area (Å²) in [6, 6.07) is 5.39. The number of hydrogen-bond acceptors (Lipinski definition) is 3. The molecule has 0 radical (unpaired) electrons. The quantitative estimate of drug-likeness (QED) is 0.553. The molecular weight excluding hydrogens is 199 g/mol. The molecule has 4 heteroatoms. The summed E-state index contributed by atoms with van der Waals surface area (Å²) in [6.45, 7) is 0. The lowest BCUT2D eigenvalue weighted by Gasteiger charge is -2.11. The summed E-state index contributed by atoms with van der Waals surface area (Å²) < 4.78 is 22.4. The van der Waals surface area contributed by atoms with E-state index in [0.717, 1.165) is 0 Å². The van der Waals surface area contributed by atoms with Gasteiger partial charge in [0.25, 0.3) is 0 Å². The highest BCUT2D eigenvalue weighted by Gasteiger charge is 2.13. The smallest absolute Gasteiger partial charge is 0.167 e. The Hall–Kier alpha value is -1.26. The van der Waals surface area contributed by atoms with Gasteiger partial charge in [-0.1, -0.05) is 0 Å². The maximum atomic E-state index is 12.6. The largest absolute Gasteiger partial charge is 0.355 e. The van der Waals surface area contributed by atoms with E-state index >= 15 is 0 Å². The first-order valence-corrected chi connectivity index (χ1v) is 4.51. The first kappa shape index (κ1) is 11.8. The minimum absolute atomic E-state index is 0.124. The SMILES string of the molecule is COC(CC(=O)c1ccc(F)cc1)OC. The predicted molar refractivity (Wildman–Crippen MR) is 53.2 cm³/mol. The fourth-order valence-electron chi connectivity index (χ4n) is 1.17. The number of carbonyl (C=O) groups excluding carboxylic acids is 1. The van der Waals surface area contributed by atoms with Crippen molar-refractivity contribution in [3.05, 3.63) is 35.6 Å². The van der Waals surface area contributed by atoms with Crippen LogP contribution in [-0.4, -0.2) is 26.3 Å². The van der Waals surface area contributed by atoms with Gasteiger partial charge in [-0.2, -0.15) is 0 Å². The molecule has 0 heterocycles. The van der Waals surface area contributed by atoms with Crippen LogP contribution in [0.2, 0.25) is 0 Å². The van der Waals surface area contributed by atoms with Gasteiger partial charge in [0.15, 0.2) is 12.1 Å². The van der Waals surface area contributed by atoms with Crippen LogP contribution in [0.4, 0.5) is 4.39 Å². The van der Waals surface area contributed by atoms with E-state index in [0.29, 0.717) is 5.56 Å². The molecule has 0 aliphatic rings. The van der Waals surface area contributed by atoms with Crippen LogP contribution in [-0.2, 0) is 9.47 Å². The number of carbonyl (C=O) groups is 1. The van der Waals surface area contributed by atoms with Crippen LogP contribution in [0.25, 0.3) is 0 Å². The van der Waals surface area contributed by atoms with Crippen LogP contribution in [0, 0.1) is 5.82 Å². The van der Waals surface area contributed by atoms with Gasteiger partial charge in [0.05, 0.1) is 6.42 Å². The summed E-state index contributed by atoms with van der Waals surface area (Å²) in [7, 11) is 2.93. The highest BCUT2D eigenvalue weighted by atomic mass is 19.1. The number of ketones is 1. The highest BCUT2D eigenvalue weighted by molar-refractivity contribution is 5.96. The average molecular weight is 212 g/mol. The van der Waals surface area contributed by atoms with E-state index < -0.39 is 6.29 Å². The molecule has 1 rings (SSSR count).